The molecule has 2 saturated heterocycles. The van der Waals surface area contributed by atoms with E-state index in [9.17, 15) is 22.8 Å². The van der Waals surface area contributed by atoms with Crippen LogP contribution >= 0.6 is 0 Å². The van der Waals surface area contributed by atoms with Gasteiger partial charge in [-0.15, -0.1) is 0 Å². The fourth-order valence-corrected chi connectivity index (χ4v) is 5.13. The van der Waals surface area contributed by atoms with E-state index in [1.165, 1.54) is 24.5 Å². The number of carbonyl (C=O) groups excluding carboxylic acids is 1. The summed E-state index contributed by atoms with van der Waals surface area (Å²) >= 11 is 0. The van der Waals surface area contributed by atoms with E-state index < -0.39 is 34.6 Å². The van der Waals surface area contributed by atoms with E-state index in [1.807, 2.05) is 30.8 Å². The first-order valence-corrected chi connectivity index (χ1v) is 13.5. The molecule has 2 aliphatic rings. The van der Waals surface area contributed by atoms with Crippen LogP contribution in [0, 0.1) is 5.82 Å². The van der Waals surface area contributed by atoms with Gasteiger partial charge >= 0.3 is 6.18 Å². The van der Waals surface area contributed by atoms with Crippen molar-refractivity contribution in [2.75, 3.05) is 62.1 Å². The van der Waals surface area contributed by atoms with E-state index >= 15 is 4.39 Å². The molecule has 0 aliphatic carbocycles. The van der Waals surface area contributed by atoms with Crippen LogP contribution in [0.1, 0.15) is 29.3 Å². The van der Waals surface area contributed by atoms with Gasteiger partial charge in [-0.05, 0) is 32.5 Å². The molecule has 5 rings (SSSR count). The average molecular weight is 590 g/mol. The van der Waals surface area contributed by atoms with Crippen molar-refractivity contribution in [2.24, 2.45) is 0 Å². The standard InChI is InChI=1S/C28H31F4N7O3/c1-16-14-39(6-5-37(16)2)24-10-22(29)19(17-11-34-27(35-12-17)38(3)18-4-7-42-15-18)8-23(24)36-26(41)20-13-33-25(40)9-21(20)28(30,31)32/h8-13,16,18H,4-7,14-15H2,1-3H3,(H,33,40)(H,36,41). The molecule has 1 amide bonds. The summed E-state index contributed by atoms with van der Waals surface area (Å²) in [5, 5.41) is 2.54. The Hall–Kier alpha value is -4.04. The lowest BCUT2D eigenvalue weighted by molar-refractivity contribution is -0.138. The number of aromatic amines is 1. The molecule has 0 spiro atoms. The quantitative estimate of drug-likeness (QED) is 0.421. The number of amides is 1. The highest BCUT2D eigenvalue weighted by atomic mass is 19.4. The lowest BCUT2D eigenvalue weighted by Crippen LogP contribution is -2.50. The number of piperazine rings is 1. The first-order chi connectivity index (χ1) is 19.9. The zero-order chi connectivity index (χ0) is 30.2. The summed E-state index contributed by atoms with van der Waals surface area (Å²) in [6.07, 6.45) is -0.473. The number of ether oxygens (including phenoxy) is 1. The zero-order valence-corrected chi connectivity index (χ0v) is 23.3. The minimum absolute atomic E-state index is 0.0622. The number of aromatic nitrogens is 3. The summed E-state index contributed by atoms with van der Waals surface area (Å²) in [5.74, 6) is -1.28. The summed E-state index contributed by atoms with van der Waals surface area (Å²) in [6, 6.07) is 3.19. The van der Waals surface area contributed by atoms with Gasteiger partial charge in [0.1, 0.15) is 5.82 Å². The fourth-order valence-electron chi connectivity index (χ4n) is 5.13. The Bertz CT molecular complexity index is 1510. The van der Waals surface area contributed by atoms with Crippen molar-refractivity contribution in [1.82, 2.24) is 19.9 Å². The molecule has 14 heteroatoms. The lowest BCUT2D eigenvalue weighted by Gasteiger charge is -2.39. The number of benzene rings is 1. The Balaban J connectivity index is 1.52. The van der Waals surface area contributed by atoms with Gasteiger partial charge in [0, 0.05) is 75.1 Å². The van der Waals surface area contributed by atoms with E-state index in [4.69, 9.17) is 4.74 Å². The molecule has 2 N–H and O–H groups in total. The topological polar surface area (TPSA) is 107 Å². The summed E-state index contributed by atoms with van der Waals surface area (Å²) in [7, 11) is 3.81. The van der Waals surface area contributed by atoms with Crippen molar-refractivity contribution in [3.8, 4) is 11.1 Å². The van der Waals surface area contributed by atoms with E-state index in [-0.39, 0.29) is 23.3 Å². The molecule has 2 aliphatic heterocycles. The molecule has 0 radical (unpaired) electrons. The molecule has 1 aromatic carbocycles. The fraction of sp³-hybridized carbons (Fsp3) is 0.429. The van der Waals surface area contributed by atoms with Gasteiger partial charge in [-0.25, -0.2) is 14.4 Å². The van der Waals surface area contributed by atoms with Crippen LogP contribution < -0.4 is 20.7 Å². The van der Waals surface area contributed by atoms with Gasteiger partial charge in [0.05, 0.1) is 35.2 Å². The second-order valence-electron chi connectivity index (χ2n) is 10.6. The number of hydrogen-bond acceptors (Lipinski definition) is 8. The van der Waals surface area contributed by atoms with Crippen LogP contribution in [0.4, 0.5) is 34.9 Å². The number of halogens is 4. The number of likely N-dealkylation sites (N-methyl/N-ethyl adjacent to an activating group) is 2. The molecule has 0 saturated carbocycles. The predicted molar refractivity (Wildman–Crippen MR) is 149 cm³/mol. The number of alkyl halides is 3. The SMILES string of the molecule is CC1CN(c2cc(F)c(-c3cnc(N(C)C4CCOC4)nc3)cc2NC(=O)c2c[nH]c(=O)cc2C(F)(F)F)CCN1C. The molecule has 0 bridgehead atoms. The van der Waals surface area contributed by atoms with Gasteiger partial charge in [0.25, 0.3) is 5.91 Å². The van der Waals surface area contributed by atoms with Crippen LogP contribution in [0.5, 0.6) is 0 Å². The van der Waals surface area contributed by atoms with E-state index in [0.717, 1.165) is 12.6 Å². The van der Waals surface area contributed by atoms with Gasteiger partial charge in [0.15, 0.2) is 0 Å². The first-order valence-electron chi connectivity index (χ1n) is 13.5. The lowest BCUT2D eigenvalue weighted by atomic mass is 10.0. The van der Waals surface area contributed by atoms with Crippen LogP contribution in [0.25, 0.3) is 11.1 Å². The highest BCUT2D eigenvalue weighted by Gasteiger charge is 2.36. The molecular weight excluding hydrogens is 558 g/mol. The number of nitrogens with zero attached hydrogens (tertiary/aromatic N) is 5. The van der Waals surface area contributed by atoms with Crippen LogP contribution in [0.3, 0.4) is 0 Å². The van der Waals surface area contributed by atoms with Crippen molar-refractivity contribution >= 4 is 23.2 Å². The number of rotatable bonds is 6. The number of hydrogen-bond donors (Lipinski definition) is 2. The Morgan fingerprint density at radius 2 is 1.93 bits per heavy atom. The normalized spacial score (nSPS) is 19.6. The Kier molecular flexibility index (Phi) is 8.19. The van der Waals surface area contributed by atoms with Crippen LogP contribution in [-0.4, -0.2) is 84.8 Å². The minimum atomic E-state index is -4.94. The minimum Gasteiger partial charge on any atom is -0.379 e. The highest BCUT2D eigenvalue weighted by molar-refractivity contribution is 6.07. The Morgan fingerprint density at radius 3 is 2.57 bits per heavy atom. The predicted octanol–water partition coefficient (Wildman–Crippen LogP) is 3.61. The Morgan fingerprint density at radius 1 is 1.19 bits per heavy atom. The van der Waals surface area contributed by atoms with Crippen LogP contribution in [0.2, 0.25) is 0 Å². The molecule has 42 heavy (non-hydrogen) atoms. The highest BCUT2D eigenvalue weighted by Crippen LogP contribution is 2.37. The van der Waals surface area contributed by atoms with Gasteiger partial charge in [0.2, 0.25) is 11.5 Å². The third-order valence-corrected chi connectivity index (χ3v) is 7.83. The number of nitrogens with one attached hydrogen (secondary N) is 2. The second-order valence-corrected chi connectivity index (χ2v) is 10.6. The summed E-state index contributed by atoms with van der Waals surface area (Å²) in [6.45, 7) is 4.86. The summed E-state index contributed by atoms with van der Waals surface area (Å²) in [4.78, 5) is 41.6. The maximum absolute atomic E-state index is 15.7. The van der Waals surface area contributed by atoms with Crippen molar-refractivity contribution in [3.05, 3.63) is 64.1 Å². The van der Waals surface area contributed by atoms with Crippen LogP contribution in [-0.2, 0) is 10.9 Å². The third-order valence-electron chi connectivity index (χ3n) is 7.83. The second kappa shape index (κ2) is 11.7. The molecule has 2 atom stereocenters. The number of H-pyrrole nitrogens is 1. The molecule has 224 valence electrons. The monoisotopic (exact) mass is 589 g/mol. The van der Waals surface area contributed by atoms with Crippen molar-refractivity contribution < 1.29 is 27.1 Å². The maximum atomic E-state index is 15.7. The zero-order valence-electron chi connectivity index (χ0n) is 23.3. The largest absolute Gasteiger partial charge is 0.417 e. The van der Waals surface area contributed by atoms with E-state index in [0.29, 0.717) is 56.1 Å². The molecule has 10 nitrogen and oxygen atoms in total. The molecule has 4 heterocycles. The smallest absolute Gasteiger partial charge is 0.379 e. The van der Waals surface area contributed by atoms with Crippen molar-refractivity contribution in [1.29, 1.82) is 0 Å². The molecular formula is C28H31F4N7O3. The van der Waals surface area contributed by atoms with Crippen LogP contribution in [0.15, 0.2) is 41.6 Å². The number of anilines is 3. The average Bonchev–Trinajstić information content (AvgIpc) is 3.50. The first kappa shape index (κ1) is 29.5. The molecule has 2 unspecified atom stereocenters. The molecule has 3 aromatic rings. The number of pyridine rings is 1. The van der Waals surface area contributed by atoms with Gasteiger partial charge in [-0.1, -0.05) is 0 Å². The van der Waals surface area contributed by atoms with Gasteiger partial charge in [-0.3, -0.25) is 9.59 Å². The van der Waals surface area contributed by atoms with Crippen molar-refractivity contribution in [2.45, 2.75) is 31.6 Å². The number of carbonyl (C=O) groups is 1. The maximum Gasteiger partial charge on any atom is 0.417 e. The summed E-state index contributed by atoms with van der Waals surface area (Å²) < 4.78 is 62.1. The third kappa shape index (κ3) is 6.09. The van der Waals surface area contributed by atoms with E-state index in [1.54, 1.807) is 0 Å². The molecule has 2 aromatic heterocycles. The van der Waals surface area contributed by atoms with E-state index in [2.05, 4.69) is 25.2 Å². The summed E-state index contributed by atoms with van der Waals surface area (Å²) in [5.41, 5.74) is -2.32. The van der Waals surface area contributed by atoms with Gasteiger partial charge < -0.3 is 29.7 Å². The van der Waals surface area contributed by atoms with Gasteiger partial charge in [-0.2, -0.15) is 13.2 Å². The molecule has 2 fully saturated rings. The van der Waals surface area contributed by atoms with Crippen molar-refractivity contribution in [3.63, 3.8) is 0 Å². The Labute approximate surface area is 239 Å².